The highest BCUT2D eigenvalue weighted by molar-refractivity contribution is 5.71. The van der Waals surface area contributed by atoms with Crippen LogP contribution in [-0.4, -0.2) is 43.7 Å². The lowest BCUT2D eigenvalue weighted by Crippen LogP contribution is -2.35. The summed E-state index contributed by atoms with van der Waals surface area (Å²) in [6.07, 6.45) is 0.996. The highest BCUT2D eigenvalue weighted by Gasteiger charge is 2.23. The molecule has 1 aromatic rings. The van der Waals surface area contributed by atoms with Gasteiger partial charge in [-0.05, 0) is 31.5 Å². The molecule has 0 aliphatic carbocycles. The molecule has 0 fully saturated rings. The fraction of sp³-hybridized carbons (Fsp3) is 0.562. The molecule has 20 heavy (non-hydrogen) atoms. The van der Waals surface area contributed by atoms with Gasteiger partial charge in [0, 0.05) is 12.5 Å². The molecule has 0 amide bonds. The van der Waals surface area contributed by atoms with E-state index in [1.165, 1.54) is 5.56 Å². The second-order valence-corrected chi connectivity index (χ2v) is 5.00. The van der Waals surface area contributed by atoms with Crippen LogP contribution < -0.4 is 4.74 Å². The first-order chi connectivity index (χ1) is 9.74. The summed E-state index contributed by atoms with van der Waals surface area (Å²) in [5, 5.41) is 0. The van der Waals surface area contributed by atoms with Gasteiger partial charge in [0.15, 0.2) is 0 Å². The predicted molar refractivity (Wildman–Crippen MR) is 78.0 cm³/mol. The second-order valence-electron chi connectivity index (χ2n) is 5.00. The molecule has 4 heteroatoms. The maximum Gasteiger partial charge on any atom is 0.320 e. The lowest BCUT2D eigenvalue weighted by molar-refractivity contribution is -0.144. The van der Waals surface area contributed by atoms with Crippen molar-refractivity contribution in [3.8, 4) is 5.75 Å². The minimum atomic E-state index is -0.144. The summed E-state index contributed by atoms with van der Waals surface area (Å²) >= 11 is 0. The third-order valence-corrected chi connectivity index (χ3v) is 3.67. The first kappa shape index (κ1) is 14.9. The maximum absolute atomic E-state index is 11.6. The quantitative estimate of drug-likeness (QED) is 0.749. The average Bonchev–Trinajstić information content (AvgIpc) is 2.47. The van der Waals surface area contributed by atoms with E-state index < -0.39 is 0 Å². The van der Waals surface area contributed by atoms with Crippen molar-refractivity contribution < 1.29 is 14.3 Å². The monoisotopic (exact) mass is 277 g/mol. The minimum absolute atomic E-state index is 0.144. The van der Waals surface area contributed by atoms with Gasteiger partial charge in [-0.15, -0.1) is 0 Å². The van der Waals surface area contributed by atoms with Gasteiger partial charge in [-0.2, -0.15) is 0 Å². The topological polar surface area (TPSA) is 38.8 Å². The number of para-hydroxylation sites is 1. The summed E-state index contributed by atoms with van der Waals surface area (Å²) in [7, 11) is 0. The minimum Gasteiger partial charge on any atom is -0.493 e. The van der Waals surface area contributed by atoms with Crippen molar-refractivity contribution in [2.75, 3.05) is 32.8 Å². The smallest absolute Gasteiger partial charge is 0.320 e. The molecule has 1 heterocycles. The predicted octanol–water partition coefficient (Wildman–Crippen LogP) is 2.44. The van der Waals surface area contributed by atoms with E-state index in [1.54, 1.807) is 0 Å². The lowest BCUT2D eigenvalue weighted by Gasteiger charge is -2.30. The van der Waals surface area contributed by atoms with Crippen LogP contribution in [0.5, 0.6) is 5.75 Å². The van der Waals surface area contributed by atoms with Gasteiger partial charge in [0.25, 0.3) is 0 Å². The molecule has 1 unspecified atom stereocenters. The number of carbonyl (C=O) groups is 1. The van der Waals surface area contributed by atoms with Crippen LogP contribution in [0, 0.1) is 0 Å². The Kier molecular flexibility index (Phi) is 5.41. The molecule has 110 valence electrons. The van der Waals surface area contributed by atoms with E-state index in [0.717, 1.165) is 31.9 Å². The van der Waals surface area contributed by atoms with Gasteiger partial charge < -0.3 is 9.47 Å². The molecular formula is C16H23NO3. The Morgan fingerprint density at radius 3 is 2.95 bits per heavy atom. The largest absolute Gasteiger partial charge is 0.493 e. The van der Waals surface area contributed by atoms with Gasteiger partial charge in [-0.25, -0.2) is 0 Å². The van der Waals surface area contributed by atoms with E-state index in [0.29, 0.717) is 19.1 Å². The SMILES string of the molecule is CCOC(=O)CN(CC)CC1CCOc2ccccc21. The van der Waals surface area contributed by atoms with Crippen LogP contribution in [-0.2, 0) is 9.53 Å². The summed E-state index contributed by atoms with van der Waals surface area (Å²) in [5.41, 5.74) is 1.25. The van der Waals surface area contributed by atoms with Crippen LogP contribution in [0.1, 0.15) is 31.7 Å². The van der Waals surface area contributed by atoms with Gasteiger partial charge in [-0.1, -0.05) is 25.1 Å². The molecule has 0 spiro atoms. The van der Waals surface area contributed by atoms with Gasteiger partial charge in [0.1, 0.15) is 5.75 Å². The number of hydrogen-bond donors (Lipinski definition) is 0. The Morgan fingerprint density at radius 2 is 2.20 bits per heavy atom. The number of hydrogen-bond acceptors (Lipinski definition) is 4. The molecule has 4 nitrogen and oxygen atoms in total. The molecule has 0 N–H and O–H groups in total. The van der Waals surface area contributed by atoms with Gasteiger partial charge >= 0.3 is 5.97 Å². The summed E-state index contributed by atoms with van der Waals surface area (Å²) in [5.74, 6) is 1.26. The van der Waals surface area contributed by atoms with E-state index in [9.17, 15) is 4.79 Å². The number of carbonyl (C=O) groups excluding carboxylic acids is 1. The summed E-state index contributed by atoms with van der Waals surface area (Å²) < 4.78 is 10.7. The van der Waals surface area contributed by atoms with Crippen molar-refractivity contribution in [3.05, 3.63) is 29.8 Å². The van der Waals surface area contributed by atoms with E-state index in [4.69, 9.17) is 9.47 Å². The molecule has 0 saturated carbocycles. The van der Waals surface area contributed by atoms with Crippen LogP contribution >= 0.6 is 0 Å². The van der Waals surface area contributed by atoms with Gasteiger partial charge in [0.05, 0.1) is 19.8 Å². The summed E-state index contributed by atoms with van der Waals surface area (Å²) in [4.78, 5) is 13.8. The Hall–Kier alpha value is -1.55. The Labute approximate surface area is 120 Å². The molecule has 0 aromatic heterocycles. The number of likely N-dealkylation sites (N-methyl/N-ethyl adjacent to an activating group) is 1. The number of esters is 1. The fourth-order valence-electron chi connectivity index (χ4n) is 2.61. The number of benzene rings is 1. The van der Waals surface area contributed by atoms with Crippen LogP contribution in [0.4, 0.5) is 0 Å². The first-order valence-electron chi connectivity index (χ1n) is 7.34. The normalized spacial score (nSPS) is 17.4. The van der Waals surface area contributed by atoms with Gasteiger partial charge in [-0.3, -0.25) is 9.69 Å². The zero-order valence-electron chi connectivity index (χ0n) is 12.3. The first-order valence-corrected chi connectivity index (χ1v) is 7.34. The number of rotatable bonds is 6. The number of nitrogens with zero attached hydrogens (tertiary/aromatic N) is 1. The maximum atomic E-state index is 11.6. The van der Waals surface area contributed by atoms with Crippen molar-refractivity contribution in [1.29, 1.82) is 0 Å². The zero-order chi connectivity index (χ0) is 14.4. The van der Waals surface area contributed by atoms with E-state index in [1.807, 2.05) is 25.1 Å². The number of ether oxygens (including phenoxy) is 2. The van der Waals surface area contributed by atoms with Crippen molar-refractivity contribution in [1.82, 2.24) is 4.90 Å². The van der Waals surface area contributed by atoms with E-state index >= 15 is 0 Å². The highest BCUT2D eigenvalue weighted by atomic mass is 16.5. The van der Waals surface area contributed by atoms with Crippen molar-refractivity contribution in [2.24, 2.45) is 0 Å². The molecule has 2 rings (SSSR count). The van der Waals surface area contributed by atoms with Crippen LogP contribution in [0.3, 0.4) is 0 Å². The lowest BCUT2D eigenvalue weighted by atomic mass is 9.92. The standard InChI is InChI=1S/C16H23NO3/c1-3-17(12-16(18)19-4-2)11-13-9-10-20-15-8-6-5-7-14(13)15/h5-8,13H,3-4,9-12H2,1-2H3. The van der Waals surface area contributed by atoms with Crippen LogP contribution in [0.25, 0.3) is 0 Å². The molecular weight excluding hydrogens is 254 g/mol. The van der Waals surface area contributed by atoms with E-state index in [2.05, 4.69) is 17.9 Å². The van der Waals surface area contributed by atoms with Gasteiger partial charge in [0.2, 0.25) is 0 Å². The zero-order valence-corrected chi connectivity index (χ0v) is 12.3. The third-order valence-electron chi connectivity index (χ3n) is 3.67. The fourth-order valence-corrected chi connectivity index (χ4v) is 2.61. The number of fused-ring (bicyclic) bond motifs is 1. The Morgan fingerprint density at radius 1 is 1.40 bits per heavy atom. The molecule has 1 aromatic carbocycles. The Balaban J connectivity index is 2.00. The molecule has 0 bridgehead atoms. The van der Waals surface area contributed by atoms with Crippen molar-refractivity contribution in [3.63, 3.8) is 0 Å². The van der Waals surface area contributed by atoms with Crippen LogP contribution in [0.15, 0.2) is 24.3 Å². The third kappa shape index (κ3) is 3.73. The highest BCUT2D eigenvalue weighted by Crippen LogP contribution is 2.33. The molecule has 0 radical (unpaired) electrons. The molecule has 1 aliphatic rings. The average molecular weight is 277 g/mol. The molecule has 1 atom stereocenters. The second kappa shape index (κ2) is 7.29. The van der Waals surface area contributed by atoms with Crippen molar-refractivity contribution in [2.45, 2.75) is 26.2 Å². The summed E-state index contributed by atoms with van der Waals surface area (Å²) in [6.45, 7) is 7.18. The van der Waals surface area contributed by atoms with E-state index in [-0.39, 0.29) is 5.97 Å². The Bertz CT molecular complexity index is 447. The summed E-state index contributed by atoms with van der Waals surface area (Å²) in [6, 6.07) is 8.18. The van der Waals surface area contributed by atoms with Crippen molar-refractivity contribution >= 4 is 5.97 Å². The molecule has 1 aliphatic heterocycles. The molecule has 0 saturated heterocycles. The van der Waals surface area contributed by atoms with Crippen LogP contribution in [0.2, 0.25) is 0 Å².